The van der Waals surface area contributed by atoms with Gasteiger partial charge >= 0.3 is 6.09 Å². The van der Waals surface area contributed by atoms with E-state index >= 15 is 0 Å². The van der Waals surface area contributed by atoms with Gasteiger partial charge in [-0.05, 0) is 19.8 Å². The average Bonchev–Trinajstić information content (AvgIpc) is 2.29. The summed E-state index contributed by atoms with van der Waals surface area (Å²) in [5, 5.41) is 9.01. The topological polar surface area (TPSA) is 66.6 Å². The Morgan fingerprint density at radius 3 is 2.29 bits per heavy atom. The van der Waals surface area contributed by atoms with Crippen LogP contribution in [0.15, 0.2) is 0 Å². The highest BCUT2D eigenvalue weighted by atomic mass is 16.4. The van der Waals surface area contributed by atoms with Crippen molar-refractivity contribution >= 4 is 6.09 Å². The van der Waals surface area contributed by atoms with Crippen LogP contribution in [0.5, 0.6) is 0 Å². The highest BCUT2D eigenvalue weighted by molar-refractivity contribution is 5.66. The largest absolute Gasteiger partial charge is 0.465 e. The van der Waals surface area contributed by atoms with Gasteiger partial charge in [-0.2, -0.15) is 0 Å². The van der Waals surface area contributed by atoms with Gasteiger partial charge in [0.15, 0.2) is 0 Å². The van der Waals surface area contributed by atoms with E-state index < -0.39 is 6.09 Å². The van der Waals surface area contributed by atoms with Gasteiger partial charge in [-0.3, -0.25) is 0 Å². The molecule has 0 aliphatic heterocycles. The van der Waals surface area contributed by atoms with E-state index in [2.05, 4.69) is 0 Å². The first-order valence-electron chi connectivity index (χ1n) is 4.96. The van der Waals surface area contributed by atoms with E-state index in [0.29, 0.717) is 0 Å². The Morgan fingerprint density at radius 1 is 1.50 bits per heavy atom. The molecule has 3 N–H and O–H groups in total. The minimum atomic E-state index is -0.880. The van der Waals surface area contributed by atoms with Crippen LogP contribution in [-0.2, 0) is 0 Å². The van der Waals surface area contributed by atoms with Gasteiger partial charge in [-0.15, -0.1) is 0 Å². The molecule has 14 heavy (non-hydrogen) atoms. The van der Waals surface area contributed by atoms with Crippen LogP contribution in [0, 0.1) is 5.41 Å². The van der Waals surface area contributed by atoms with Crippen LogP contribution in [-0.4, -0.2) is 34.7 Å². The first-order chi connectivity index (χ1) is 6.23. The summed E-state index contributed by atoms with van der Waals surface area (Å²) in [4.78, 5) is 12.4. The number of amides is 1. The van der Waals surface area contributed by atoms with Gasteiger partial charge in [0.25, 0.3) is 0 Å². The molecule has 1 rings (SSSR count). The summed E-state index contributed by atoms with van der Waals surface area (Å²) in [5.41, 5.74) is 5.49. The molecule has 0 aromatic rings. The van der Waals surface area contributed by atoms with Crippen molar-refractivity contribution in [3.63, 3.8) is 0 Å². The van der Waals surface area contributed by atoms with Crippen LogP contribution < -0.4 is 5.73 Å². The quantitative estimate of drug-likeness (QED) is 0.674. The minimum absolute atomic E-state index is 0.0781. The molecule has 1 saturated carbocycles. The summed E-state index contributed by atoms with van der Waals surface area (Å²) < 4.78 is 0. The number of nitrogens with two attached hydrogens (primary N) is 1. The molecular weight excluding hydrogens is 180 g/mol. The number of hydrogen-bond donors (Lipinski definition) is 2. The number of carboxylic acid groups (broad SMARTS) is 1. The summed E-state index contributed by atoms with van der Waals surface area (Å²) in [5.74, 6) is 0. The Kier molecular flexibility index (Phi) is 2.52. The fourth-order valence-electron chi connectivity index (χ4n) is 2.33. The normalized spacial score (nSPS) is 35.6. The van der Waals surface area contributed by atoms with E-state index in [-0.39, 0.29) is 17.0 Å². The molecule has 0 aromatic heterocycles. The van der Waals surface area contributed by atoms with Crippen molar-refractivity contribution in [2.24, 2.45) is 11.1 Å². The van der Waals surface area contributed by atoms with E-state index in [4.69, 9.17) is 10.8 Å². The fraction of sp³-hybridized carbons (Fsp3) is 0.900. The molecule has 1 aliphatic rings. The zero-order valence-electron chi connectivity index (χ0n) is 9.37. The summed E-state index contributed by atoms with van der Waals surface area (Å²) in [6, 6.07) is 0.0781. The van der Waals surface area contributed by atoms with Crippen molar-refractivity contribution in [3.05, 3.63) is 0 Å². The summed E-state index contributed by atoms with van der Waals surface area (Å²) in [6.45, 7) is 6.07. The number of hydrogen-bond acceptors (Lipinski definition) is 2. The molecule has 82 valence electrons. The number of carbonyl (C=O) groups is 1. The van der Waals surface area contributed by atoms with Gasteiger partial charge in [0.2, 0.25) is 0 Å². The van der Waals surface area contributed by atoms with E-state index in [0.717, 1.165) is 12.8 Å². The average molecular weight is 200 g/mol. The Bertz CT molecular complexity index is 253. The Labute approximate surface area is 85.1 Å². The predicted molar refractivity (Wildman–Crippen MR) is 55.2 cm³/mol. The van der Waals surface area contributed by atoms with Crippen molar-refractivity contribution in [2.45, 2.75) is 45.2 Å². The van der Waals surface area contributed by atoms with Crippen molar-refractivity contribution in [1.29, 1.82) is 0 Å². The Balaban J connectivity index is 3.01. The maximum atomic E-state index is 11.0. The van der Waals surface area contributed by atoms with Crippen LogP contribution in [0.3, 0.4) is 0 Å². The number of rotatable bonds is 1. The predicted octanol–water partition coefficient (Wildman–Crippen LogP) is 1.50. The van der Waals surface area contributed by atoms with E-state index in [1.807, 2.05) is 20.8 Å². The molecule has 1 aliphatic carbocycles. The highest BCUT2D eigenvalue weighted by Crippen LogP contribution is 2.48. The smallest absolute Gasteiger partial charge is 0.407 e. The third-order valence-electron chi connectivity index (χ3n) is 4.28. The molecule has 4 nitrogen and oxygen atoms in total. The third-order valence-corrected chi connectivity index (χ3v) is 4.28. The van der Waals surface area contributed by atoms with Crippen molar-refractivity contribution < 1.29 is 9.90 Å². The zero-order valence-corrected chi connectivity index (χ0v) is 9.37. The van der Waals surface area contributed by atoms with Gasteiger partial charge in [0, 0.05) is 24.0 Å². The maximum absolute atomic E-state index is 11.0. The Morgan fingerprint density at radius 2 is 2.00 bits per heavy atom. The maximum Gasteiger partial charge on any atom is 0.407 e. The summed E-state index contributed by atoms with van der Waals surface area (Å²) >= 11 is 0. The molecule has 0 saturated heterocycles. The van der Waals surface area contributed by atoms with Crippen LogP contribution in [0.1, 0.15) is 33.6 Å². The lowest BCUT2D eigenvalue weighted by Crippen LogP contribution is -2.56. The number of nitrogens with zero attached hydrogens (tertiary/aromatic N) is 1. The van der Waals surface area contributed by atoms with Gasteiger partial charge < -0.3 is 15.7 Å². The molecule has 1 fully saturated rings. The standard InChI is InChI=1S/C10H20N2O2/c1-9(2)7(11)5-6-10(9,3)12(4)8(13)14/h7H,5-6,11H2,1-4H3,(H,13,14)/t7-,10+/m1/s1. The molecule has 0 unspecified atom stereocenters. The minimum Gasteiger partial charge on any atom is -0.465 e. The fourth-order valence-corrected chi connectivity index (χ4v) is 2.33. The third kappa shape index (κ3) is 1.29. The first kappa shape index (κ1) is 11.3. The molecule has 0 aromatic carbocycles. The molecule has 0 radical (unpaired) electrons. The van der Waals surface area contributed by atoms with Gasteiger partial charge in [-0.1, -0.05) is 13.8 Å². The van der Waals surface area contributed by atoms with E-state index in [1.165, 1.54) is 4.90 Å². The molecular formula is C10H20N2O2. The van der Waals surface area contributed by atoms with Crippen molar-refractivity contribution in [3.8, 4) is 0 Å². The SMILES string of the molecule is CN(C(=O)O)[C@@]1(C)CC[C@@H](N)C1(C)C. The van der Waals surface area contributed by atoms with Gasteiger partial charge in [0.05, 0.1) is 0 Å². The monoisotopic (exact) mass is 200 g/mol. The summed E-state index contributed by atoms with van der Waals surface area (Å²) in [6.07, 6.45) is 0.847. The first-order valence-corrected chi connectivity index (χ1v) is 4.96. The van der Waals surface area contributed by atoms with Crippen LogP contribution in [0.2, 0.25) is 0 Å². The van der Waals surface area contributed by atoms with E-state index in [1.54, 1.807) is 7.05 Å². The van der Waals surface area contributed by atoms with Crippen molar-refractivity contribution in [2.75, 3.05) is 7.05 Å². The Hall–Kier alpha value is -0.770. The summed E-state index contributed by atoms with van der Waals surface area (Å²) in [7, 11) is 1.63. The van der Waals surface area contributed by atoms with Crippen LogP contribution in [0.25, 0.3) is 0 Å². The van der Waals surface area contributed by atoms with Crippen molar-refractivity contribution in [1.82, 2.24) is 4.90 Å². The molecule has 4 heteroatoms. The molecule has 0 heterocycles. The lowest BCUT2D eigenvalue weighted by molar-refractivity contribution is 0.0385. The lowest BCUT2D eigenvalue weighted by atomic mass is 9.73. The van der Waals surface area contributed by atoms with E-state index in [9.17, 15) is 4.79 Å². The lowest BCUT2D eigenvalue weighted by Gasteiger charge is -2.45. The molecule has 2 atom stereocenters. The molecule has 1 amide bonds. The molecule has 0 spiro atoms. The van der Waals surface area contributed by atoms with Gasteiger partial charge in [-0.25, -0.2) is 4.79 Å². The zero-order chi connectivity index (χ0) is 11.1. The second-order valence-electron chi connectivity index (χ2n) is 4.98. The molecule has 0 bridgehead atoms. The highest BCUT2D eigenvalue weighted by Gasteiger charge is 2.53. The van der Waals surface area contributed by atoms with Crippen LogP contribution in [0.4, 0.5) is 4.79 Å². The van der Waals surface area contributed by atoms with Gasteiger partial charge in [0.1, 0.15) is 0 Å². The van der Waals surface area contributed by atoms with Crippen LogP contribution >= 0.6 is 0 Å². The second kappa shape index (κ2) is 3.12. The second-order valence-corrected chi connectivity index (χ2v) is 4.98.